The van der Waals surface area contributed by atoms with Gasteiger partial charge in [-0.3, -0.25) is 4.79 Å². The maximum absolute atomic E-state index is 12.5. The summed E-state index contributed by atoms with van der Waals surface area (Å²) in [4.78, 5) is 12.5. The van der Waals surface area contributed by atoms with Gasteiger partial charge >= 0.3 is 0 Å². The van der Waals surface area contributed by atoms with Crippen molar-refractivity contribution < 1.29 is 9.53 Å². The second kappa shape index (κ2) is 8.73. The Bertz CT molecular complexity index is 911. The minimum absolute atomic E-state index is 0.114. The molecule has 1 N–H and O–H groups in total. The van der Waals surface area contributed by atoms with E-state index in [1.165, 1.54) is 17.3 Å². The summed E-state index contributed by atoms with van der Waals surface area (Å²) < 4.78 is 7.21. The molecule has 0 radical (unpaired) electrons. The zero-order chi connectivity index (χ0) is 19.2. The molecule has 3 rings (SSSR count). The lowest BCUT2D eigenvalue weighted by molar-refractivity contribution is -0.115. The average Bonchev–Trinajstić information content (AvgIpc) is 3.02. The van der Waals surface area contributed by atoms with E-state index < -0.39 is 0 Å². The third-order valence-electron chi connectivity index (χ3n) is 4.15. The van der Waals surface area contributed by atoms with Crippen LogP contribution in [0.25, 0.3) is 0 Å². The van der Waals surface area contributed by atoms with Crippen LogP contribution in [0.5, 0.6) is 5.75 Å². The van der Waals surface area contributed by atoms with Crippen LogP contribution in [0.4, 0.5) is 5.69 Å². The molecule has 1 aromatic heterocycles. The minimum Gasteiger partial charge on any atom is -0.495 e. The van der Waals surface area contributed by atoms with Crippen LogP contribution >= 0.6 is 11.8 Å². The van der Waals surface area contributed by atoms with Gasteiger partial charge in [-0.25, -0.2) is 0 Å². The fraction of sp³-hybridized carbons (Fsp3) is 0.250. The zero-order valence-corrected chi connectivity index (χ0v) is 16.4. The Morgan fingerprint density at radius 1 is 1.15 bits per heavy atom. The highest BCUT2D eigenvalue weighted by molar-refractivity contribution is 8.00. The van der Waals surface area contributed by atoms with Crippen LogP contribution in [-0.4, -0.2) is 33.0 Å². The summed E-state index contributed by atoms with van der Waals surface area (Å²) in [5.74, 6) is 1.38. The molecule has 1 amide bonds. The highest BCUT2D eigenvalue weighted by Crippen LogP contribution is 2.26. The van der Waals surface area contributed by atoms with Crippen LogP contribution in [0.2, 0.25) is 0 Å². The lowest BCUT2D eigenvalue weighted by atomic mass is 10.1. The van der Waals surface area contributed by atoms with Crippen molar-refractivity contribution in [2.24, 2.45) is 7.05 Å². The first-order valence-electron chi connectivity index (χ1n) is 8.61. The topological polar surface area (TPSA) is 69.0 Å². The van der Waals surface area contributed by atoms with Gasteiger partial charge in [0.25, 0.3) is 0 Å². The van der Waals surface area contributed by atoms with E-state index in [1.807, 2.05) is 61.0 Å². The quantitative estimate of drug-likeness (QED) is 0.633. The largest absolute Gasteiger partial charge is 0.495 e. The first-order chi connectivity index (χ1) is 13.1. The van der Waals surface area contributed by atoms with Gasteiger partial charge in [0.1, 0.15) is 11.6 Å². The van der Waals surface area contributed by atoms with Crippen molar-refractivity contribution >= 4 is 23.4 Å². The van der Waals surface area contributed by atoms with Crippen molar-refractivity contribution in [1.82, 2.24) is 14.8 Å². The molecule has 27 heavy (non-hydrogen) atoms. The molecule has 1 atom stereocenters. The molecule has 140 valence electrons. The molecule has 7 heteroatoms. The molecule has 6 nitrogen and oxygen atoms in total. The van der Waals surface area contributed by atoms with Gasteiger partial charge in [-0.1, -0.05) is 54.2 Å². The van der Waals surface area contributed by atoms with Crippen molar-refractivity contribution in [3.63, 3.8) is 0 Å². The van der Waals surface area contributed by atoms with Gasteiger partial charge < -0.3 is 14.6 Å². The predicted octanol–water partition coefficient (Wildman–Crippen LogP) is 3.53. The van der Waals surface area contributed by atoms with Crippen molar-refractivity contribution in [2.45, 2.75) is 23.8 Å². The molecule has 0 saturated heterocycles. The van der Waals surface area contributed by atoms with Gasteiger partial charge in [0.05, 0.1) is 18.0 Å². The van der Waals surface area contributed by atoms with E-state index in [1.54, 1.807) is 7.11 Å². The van der Waals surface area contributed by atoms with Crippen molar-refractivity contribution in [3.05, 3.63) is 66.0 Å². The van der Waals surface area contributed by atoms with Gasteiger partial charge in [0.15, 0.2) is 5.16 Å². The summed E-state index contributed by atoms with van der Waals surface area (Å²) >= 11 is 1.38. The normalized spacial score (nSPS) is 11.8. The highest BCUT2D eigenvalue weighted by Gasteiger charge is 2.20. The third kappa shape index (κ3) is 4.68. The number of para-hydroxylation sites is 2. The molecule has 0 aliphatic carbocycles. The molecule has 3 aromatic rings. The minimum atomic E-state index is -0.331. The molecule has 0 bridgehead atoms. The second-order valence-electron chi connectivity index (χ2n) is 6.07. The Morgan fingerprint density at radius 2 is 1.85 bits per heavy atom. The number of thioether (sulfide) groups is 1. The number of anilines is 1. The molecule has 0 aliphatic rings. The molecule has 0 aliphatic heterocycles. The molecule has 2 aromatic carbocycles. The fourth-order valence-electron chi connectivity index (χ4n) is 2.57. The summed E-state index contributed by atoms with van der Waals surface area (Å²) in [5, 5.41) is 11.8. The molecule has 0 unspecified atom stereocenters. The van der Waals surface area contributed by atoms with E-state index in [9.17, 15) is 4.79 Å². The summed E-state index contributed by atoms with van der Waals surface area (Å²) in [6.45, 7) is 1.85. The van der Waals surface area contributed by atoms with Crippen molar-refractivity contribution in [2.75, 3.05) is 12.4 Å². The van der Waals surface area contributed by atoms with Gasteiger partial charge in [-0.05, 0) is 24.6 Å². The lowest BCUT2D eigenvalue weighted by Gasteiger charge is -2.13. The smallest absolute Gasteiger partial charge is 0.237 e. The molecular weight excluding hydrogens is 360 g/mol. The lowest BCUT2D eigenvalue weighted by Crippen LogP contribution is -2.23. The maximum Gasteiger partial charge on any atom is 0.237 e. The Balaban J connectivity index is 1.65. The van der Waals surface area contributed by atoms with E-state index >= 15 is 0 Å². The van der Waals surface area contributed by atoms with Crippen LogP contribution < -0.4 is 10.1 Å². The first-order valence-corrected chi connectivity index (χ1v) is 9.49. The summed E-state index contributed by atoms with van der Waals surface area (Å²) in [6.07, 6.45) is 0.701. The zero-order valence-electron chi connectivity index (χ0n) is 15.5. The summed E-state index contributed by atoms with van der Waals surface area (Å²) in [6, 6.07) is 17.5. The predicted molar refractivity (Wildman–Crippen MR) is 107 cm³/mol. The number of aromatic nitrogens is 3. The number of rotatable bonds is 7. The number of carbonyl (C=O) groups excluding carboxylic acids is 1. The van der Waals surface area contributed by atoms with E-state index in [0.717, 1.165) is 5.82 Å². The highest BCUT2D eigenvalue weighted by atomic mass is 32.2. The molecule has 0 fully saturated rings. The number of hydrogen-bond acceptors (Lipinski definition) is 5. The van der Waals surface area contributed by atoms with Gasteiger partial charge in [0, 0.05) is 13.5 Å². The van der Waals surface area contributed by atoms with Gasteiger partial charge in [-0.2, -0.15) is 0 Å². The fourth-order valence-corrected chi connectivity index (χ4v) is 3.41. The first kappa shape index (κ1) is 19.0. The number of benzene rings is 2. The van der Waals surface area contributed by atoms with Crippen LogP contribution in [0.1, 0.15) is 18.3 Å². The van der Waals surface area contributed by atoms with Gasteiger partial charge in [0.2, 0.25) is 5.91 Å². The number of amides is 1. The monoisotopic (exact) mass is 382 g/mol. The number of nitrogens with zero attached hydrogens (tertiary/aromatic N) is 3. The number of carbonyl (C=O) groups is 1. The summed E-state index contributed by atoms with van der Waals surface area (Å²) in [5.41, 5.74) is 1.83. The molecule has 0 saturated carbocycles. The third-order valence-corrected chi connectivity index (χ3v) is 5.28. The number of nitrogens with one attached hydrogen (secondary N) is 1. The summed E-state index contributed by atoms with van der Waals surface area (Å²) in [7, 11) is 3.50. The van der Waals surface area contributed by atoms with Crippen LogP contribution in [0, 0.1) is 0 Å². The van der Waals surface area contributed by atoms with E-state index in [-0.39, 0.29) is 11.2 Å². The number of hydrogen-bond donors (Lipinski definition) is 1. The second-order valence-corrected chi connectivity index (χ2v) is 7.38. The Hall–Kier alpha value is -2.80. The Labute approximate surface area is 163 Å². The van der Waals surface area contributed by atoms with E-state index in [0.29, 0.717) is 23.0 Å². The number of methoxy groups -OCH3 is 1. The van der Waals surface area contributed by atoms with Crippen LogP contribution in [0.3, 0.4) is 0 Å². The maximum atomic E-state index is 12.5. The Kier molecular flexibility index (Phi) is 6.13. The van der Waals surface area contributed by atoms with E-state index in [4.69, 9.17) is 4.74 Å². The SMILES string of the molecule is COc1ccccc1NC(=O)[C@@H](C)Sc1nnc(Cc2ccccc2)n1C. The van der Waals surface area contributed by atoms with Gasteiger partial charge in [-0.15, -0.1) is 10.2 Å². The molecule has 0 spiro atoms. The number of ether oxygens (including phenoxy) is 1. The molecule has 1 heterocycles. The molecular formula is C20H22N4O2S. The van der Waals surface area contributed by atoms with Crippen molar-refractivity contribution in [1.29, 1.82) is 0 Å². The Morgan fingerprint density at radius 3 is 2.59 bits per heavy atom. The standard InChI is InChI=1S/C20H22N4O2S/c1-14(19(25)21-16-11-7-8-12-17(16)26-3)27-20-23-22-18(24(20)2)13-15-9-5-4-6-10-15/h4-12,14H,13H2,1-3H3,(H,21,25)/t14-/m1/s1. The average molecular weight is 382 g/mol. The van der Waals surface area contributed by atoms with E-state index in [2.05, 4.69) is 27.6 Å². The van der Waals surface area contributed by atoms with Crippen LogP contribution in [0.15, 0.2) is 59.8 Å². The van der Waals surface area contributed by atoms with Crippen molar-refractivity contribution in [3.8, 4) is 5.75 Å². The van der Waals surface area contributed by atoms with Crippen LogP contribution in [-0.2, 0) is 18.3 Å².